The highest BCUT2D eigenvalue weighted by atomic mass is 32.1. The Kier molecular flexibility index (Phi) is 5.17. The normalized spacial score (nSPS) is 10.5. The molecule has 0 aliphatic rings. The SMILES string of the molecule is O=C(Nc1ccc(-n2ccnc2)c(F)c1)c1ccc(NC(=O)c2cccs2)cc1. The molecule has 0 radical (unpaired) electrons. The van der Waals surface area contributed by atoms with Crippen LogP contribution >= 0.6 is 11.3 Å². The second kappa shape index (κ2) is 8.07. The molecule has 2 amide bonds. The van der Waals surface area contributed by atoms with Gasteiger partial charge in [0.2, 0.25) is 0 Å². The van der Waals surface area contributed by atoms with Crippen LogP contribution in [0.25, 0.3) is 5.69 Å². The molecule has 0 aliphatic carbocycles. The largest absolute Gasteiger partial charge is 0.322 e. The van der Waals surface area contributed by atoms with Crippen LogP contribution in [-0.4, -0.2) is 21.4 Å². The quantitative estimate of drug-likeness (QED) is 0.509. The van der Waals surface area contributed by atoms with Crippen molar-refractivity contribution in [1.29, 1.82) is 0 Å². The van der Waals surface area contributed by atoms with Gasteiger partial charge in [-0.2, -0.15) is 0 Å². The van der Waals surface area contributed by atoms with Gasteiger partial charge in [-0.3, -0.25) is 9.59 Å². The predicted octanol–water partition coefficient (Wildman–Crippen LogP) is 4.58. The summed E-state index contributed by atoms with van der Waals surface area (Å²) >= 11 is 1.35. The van der Waals surface area contributed by atoms with Crippen LogP contribution in [0.3, 0.4) is 0 Å². The van der Waals surface area contributed by atoms with Crippen LogP contribution < -0.4 is 10.6 Å². The summed E-state index contributed by atoms with van der Waals surface area (Å²) in [5, 5.41) is 7.26. The van der Waals surface area contributed by atoms with Crippen molar-refractivity contribution in [2.75, 3.05) is 10.6 Å². The summed E-state index contributed by atoms with van der Waals surface area (Å²) in [5.74, 6) is -1.06. The van der Waals surface area contributed by atoms with Crippen LogP contribution in [-0.2, 0) is 0 Å². The number of thiophene rings is 1. The number of nitrogens with one attached hydrogen (secondary N) is 2. The Balaban J connectivity index is 1.42. The van der Waals surface area contributed by atoms with E-state index in [2.05, 4.69) is 15.6 Å². The molecule has 6 nitrogen and oxygen atoms in total. The van der Waals surface area contributed by atoms with Crippen molar-refractivity contribution >= 4 is 34.5 Å². The van der Waals surface area contributed by atoms with E-state index in [0.717, 1.165) is 0 Å². The van der Waals surface area contributed by atoms with Gasteiger partial charge in [0.25, 0.3) is 11.8 Å². The van der Waals surface area contributed by atoms with Gasteiger partial charge in [-0.1, -0.05) is 6.07 Å². The zero-order chi connectivity index (χ0) is 20.2. The third-order valence-corrected chi connectivity index (χ3v) is 5.01. The first-order valence-electron chi connectivity index (χ1n) is 8.64. The van der Waals surface area contributed by atoms with E-state index in [1.807, 2.05) is 5.38 Å². The molecule has 0 bridgehead atoms. The molecule has 2 aromatic heterocycles. The maximum atomic E-state index is 14.3. The van der Waals surface area contributed by atoms with E-state index in [1.54, 1.807) is 65.5 Å². The van der Waals surface area contributed by atoms with E-state index in [1.165, 1.54) is 23.7 Å². The third kappa shape index (κ3) is 4.22. The van der Waals surface area contributed by atoms with Crippen LogP contribution in [0.15, 0.2) is 78.7 Å². The Labute approximate surface area is 169 Å². The second-order valence-electron chi connectivity index (χ2n) is 6.10. The smallest absolute Gasteiger partial charge is 0.265 e. The molecule has 4 rings (SSSR count). The van der Waals surface area contributed by atoms with E-state index in [4.69, 9.17) is 0 Å². The number of rotatable bonds is 5. The Morgan fingerprint density at radius 3 is 2.38 bits per heavy atom. The number of halogens is 1. The highest BCUT2D eigenvalue weighted by Gasteiger charge is 2.11. The van der Waals surface area contributed by atoms with Gasteiger partial charge in [0.15, 0.2) is 0 Å². The summed E-state index contributed by atoms with van der Waals surface area (Å²) < 4.78 is 15.9. The fraction of sp³-hybridized carbons (Fsp3) is 0. The average molecular weight is 406 g/mol. The molecule has 0 atom stereocenters. The van der Waals surface area contributed by atoms with Gasteiger partial charge in [0.05, 0.1) is 16.9 Å². The number of anilines is 2. The van der Waals surface area contributed by atoms with Crippen LogP contribution in [0.2, 0.25) is 0 Å². The number of nitrogens with zero attached hydrogens (tertiary/aromatic N) is 2. The molecule has 8 heteroatoms. The first kappa shape index (κ1) is 18.6. The summed E-state index contributed by atoms with van der Waals surface area (Å²) in [4.78, 5) is 29.0. The van der Waals surface area contributed by atoms with Gasteiger partial charge in [-0.25, -0.2) is 9.37 Å². The van der Waals surface area contributed by atoms with Crippen molar-refractivity contribution < 1.29 is 14.0 Å². The number of carbonyl (C=O) groups is 2. The number of hydrogen-bond donors (Lipinski definition) is 2. The molecule has 0 spiro atoms. The zero-order valence-corrected chi connectivity index (χ0v) is 15.8. The molecule has 2 heterocycles. The predicted molar refractivity (Wildman–Crippen MR) is 110 cm³/mol. The Bertz CT molecular complexity index is 1140. The summed E-state index contributed by atoms with van der Waals surface area (Å²) in [6, 6.07) is 14.4. The fourth-order valence-electron chi connectivity index (χ4n) is 2.70. The topological polar surface area (TPSA) is 76.0 Å². The molecule has 0 unspecified atom stereocenters. The maximum absolute atomic E-state index is 14.3. The number of amides is 2. The minimum Gasteiger partial charge on any atom is -0.322 e. The number of hydrogen-bond acceptors (Lipinski definition) is 4. The zero-order valence-electron chi connectivity index (χ0n) is 15.0. The average Bonchev–Trinajstić information content (AvgIpc) is 3.43. The monoisotopic (exact) mass is 406 g/mol. The number of imidazole rings is 1. The minimum atomic E-state index is -0.479. The van der Waals surface area contributed by atoms with Gasteiger partial charge in [-0.15, -0.1) is 11.3 Å². The van der Waals surface area contributed by atoms with Gasteiger partial charge in [0.1, 0.15) is 5.82 Å². The molecule has 0 aliphatic heterocycles. The molecular formula is C21H15FN4O2S. The molecule has 4 aromatic rings. The van der Waals surface area contributed by atoms with E-state index in [9.17, 15) is 14.0 Å². The maximum Gasteiger partial charge on any atom is 0.265 e. The first-order chi connectivity index (χ1) is 14.1. The Morgan fingerprint density at radius 1 is 0.966 bits per heavy atom. The van der Waals surface area contributed by atoms with E-state index >= 15 is 0 Å². The number of carbonyl (C=O) groups excluding carboxylic acids is 2. The van der Waals surface area contributed by atoms with Crippen LogP contribution in [0.5, 0.6) is 0 Å². The lowest BCUT2D eigenvalue weighted by molar-refractivity contribution is 0.102. The lowest BCUT2D eigenvalue weighted by Gasteiger charge is -2.09. The molecule has 2 N–H and O–H groups in total. The Morgan fingerprint density at radius 2 is 1.72 bits per heavy atom. The van der Waals surface area contributed by atoms with E-state index in [0.29, 0.717) is 27.5 Å². The van der Waals surface area contributed by atoms with Crippen molar-refractivity contribution in [1.82, 2.24) is 9.55 Å². The standard InChI is InChI=1S/C21H15FN4O2S/c22-17-12-16(7-8-18(17)26-10-9-23-13-26)25-20(27)14-3-5-15(6-4-14)24-21(28)19-2-1-11-29-19/h1-13H,(H,24,28)(H,25,27). The van der Waals surface area contributed by atoms with Crippen LogP contribution in [0.4, 0.5) is 15.8 Å². The van der Waals surface area contributed by atoms with Crippen LogP contribution in [0.1, 0.15) is 20.0 Å². The number of aromatic nitrogens is 2. The van der Waals surface area contributed by atoms with Crippen molar-refractivity contribution in [2.24, 2.45) is 0 Å². The van der Waals surface area contributed by atoms with Crippen molar-refractivity contribution in [2.45, 2.75) is 0 Å². The summed E-state index contributed by atoms with van der Waals surface area (Å²) in [6.07, 6.45) is 4.69. The molecule has 0 saturated heterocycles. The second-order valence-corrected chi connectivity index (χ2v) is 7.05. The van der Waals surface area contributed by atoms with E-state index < -0.39 is 5.82 Å². The molecule has 144 valence electrons. The summed E-state index contributed by atoms with van der Waals surface area (Å²) in [6.45, 7) is 0. The third-order valence-electron chi connectivity index (χ3n) is 4.14. The number of benzene rings is 2. The Hall–Kier alpha value is -3.78. The highest BCUT2D eigenvalue weighted by Crippen LogP contribution is 2.19. The molecule has 0 saturated carbocycles. The van der Waals surface area contributed by atoms with Crippen molar-refractivity contribution in [3.05, 3.63) is 95.0 Å². The minimum absolute atomic E-state index is 0.203. The highest BCUT2D eigenvalue weighted by molar-refractivity contribution is 7.12. The lowest BCUT2D eigenvalue weighted by Crippen LogP contribution is -2.13. The van der Waals surface area contributed by atoms with Gasteiger partial charge < -0.3 is 15.2 Å². The van der Waals surface area contributed by atoms with Gasteiger partial charge in [0, 0.05) is 29.3 Å². The van der Waals surface area contributed by atoms with Crippen molar-refractivity contribution in [3.63, 3.8) is 0 Å². The fourth-order valence-corrected chi connectivity index (χ4v) is 3.32. The summed E-state index contributed by atoms with van der Waals surface area (Å²) in [5.41, 5.74) is 1.65. The lowest BCUT2D eigenvalue weighted by atomic mass is 10.2. The molecular weight excluding hydrogens is 391 g/mol. The first-order valence-corrected chi connectivity index (χ1v) is 9.52. The van der Waals surface area contributed by atoms with Crippen LogP contribution in [0, 0.1) is 5.82 Å². The van der Waals surface area contributed by atoms with Crippen molar-refractivity contribution in [3.8, 4) is 5.69 Å². The molecule has 0 fully saturated rings. The molecule has 2 aromatic carbocycles. The van der Waals surface area contributed by atoms with E-state index in [-0.39, 0.29) is 11.8 Å². The van der Waals surface area contributed by atoms with Gasteiger partial charge in [-0.05, 0) is 53.9 Å². The van der Waals surface area contributed by atoms with Gasteiger partial charge >= 0.3 is 0 Å². The molecule has 29 heavy (non-hydrogen) atoms. The summed E-state index contributed by atoms with van der Waals surface area (Å²) in [7, 11) is 0.